The van der Waals surface area contributed by atoms with Gasteiger partial charge in [0.15, 0.2) is 0 Å². The number of hydrogen-bond acceptors (Lipinski definition) is 4. The average molecular weight is 445 g/mol. The van der Waals surface area contributed by atoms with Gasteiger partial charge in [-0.05, 0) is 54.8 Å². The number of nitrogens with zero attached hydrogens (tertiary/aromatic N) is 3. The normalized spacial score (nSPS) is 11.8. The molecule has 7 heteroatoms. The van der Waals surface area contributed by atoms with E-state index in [-0.39, 0.29) is 11.7 Å². The van der Waals surface area contributed by atoms with Crippen molar-refractivity contribution in [3.63, 3.8) is 0 Å². The summed E-state index contributed by atoms with van der Waals surface area (Å²) in [5.41, 5.74) is 3.99. The van der Waals surface area contributed by atoms with Gasteiger partial charge in [0.25, 0.3) is 6.43 Å². The first-order valence-electron chi connectivity index (χ1n) is 10.3. The molecule has 0 aliphatic carbocycles. The minimum Gasteiger partial charge on any atom is -0.465 e. The zero-order chi connectivity index (χ0) is 23.5. The zero-order valence-electron chi connectivity index (χ0n) is 18.3. The molecule has 0 bridgehead atoms. The fourth-order valence-corrected chi connectivity index (χ4v) is 3.82. The molecule has 0 fully saturated rings. The molecule has 4 aromatic rings. The van der Waals surface area contributed by atoms with Crippen molar-refractivity contribution in [3.05, 3.63) is 83.3 Å². The van der Waals surface area contributed by atoms with E-state index in [0.717, 1.165) is 22.1 Å². The lowest BCUT2D eigenvalue weighted by Crippen LogP contribution is -2.12. The highest BCUT2D eigenvalue weighted by Gasteiger charge is 2.21. The molecule has 2 heterocycles. The van der Waals surface area contributed by atoms with Gasteiger partial charge in [0, 0.05) is 17.1 Å². The van der Waals surface area contributed by atoms with Crippen LogP contribution in [0, 0.1) is 11.8 Å². The van der Waals surface area contributed by atoms with E-state index in [2.05, 4.69) is 21.9 Å². The lowest BCUT2D eigenvalue weighted by atomic mass is 10.0. The van der Waals surface area contributed by atoms with Gasteiger partial charge in [0.2, 0.25) is 0 Å². The van der Waals surface area contributed by atoms with E-state index in [1.54, 1.807) is 36.0 Å². The van der Waals surface area contributed by atoms with Gasteiger partial charge in [-0.2, -0.15) is 5.10 Å². The van der Waals surface area contributed by atoms with Gasteiger partial charge < -0.3 is 4.74 Å². The van der Waals surface area contributed by atoms with Gasteiger partial charge in [-0.25, -0.2) is 13.6 Å². The Morgan fingerprint density at radius 1 is 1.09 bits per heavy atom. The Labute approximate surface area is 190 Å². The first-order chi connectivity index (χ1) is 15.9. The van der Waals surface area contributed by atoms with Gasteiger partial charge in [0.05, 0.1) is 30.4 Å². The van der Waals surface area contributed by atoms with Gasteiger partial charge in [-0.15, -0.1) is 5.92 Å². The van der Waals surface area contributed by atoms with E-state index in [0.29, 0.717) is 16.6 Å². The highest BCUT2D eigenvalue weighted by Crippen LogP contribution is 2.30. The number of carbonyl (C=O) groups excluding carboxylic acids is 1. The first kappa shape index (κ1) is 22.2. The molecule has 0 aliphatic rings. The molecule has 166 valence electrons. The van der Waals surface area contributed by atoms with E-state index < -0.39 is 12.4 Å². The Kier molecular flexibility index (Phi) is 6.18. The van der Waals surface area contributed by atoms with Crippen molar-refractivity contribution in [2.75, 3.05) is 7.11 Å². The van der Waals surface area contributed by atoms with E-state index in [9.17, 15) is 13.6 Å². The minimum atomic E-state index is -2.62. The fraction of sp³-hybridized carbons (Fsp3) is 0.192. The van der Waals surface area contributed by atoms with E-state index in [4.69, 9.17) is 4.74 Å². The predicted molar refractivity (Wildman–Crippen MR) is 122 cm³/mol. The summed E-state index contributed by atoms with van der Waals surface area (Å²) in [5, 5.41) is 5.32. The number of halogens is 2. The summed E-state index contributed by atoms with van der Waals surface area (Å²) in [6.07, 6.45) is 0.465. The summed E-state index contributed by atoms with van der Waals surface area (Å²) in [4.78, 5) is 16.1. The molecule has 4 rings (SSSR count). The van der Waals surface area contributed by atoms with E-state index >= 15 is 0 Å². The monoisotopic (exact) mass is 445 g/mol. The van der Waals surface area contributed by atoms with Crippen molar-refractivity contribution in [3.8, 4) is 23.0 Å². The number of alkyl halides is 2. The van der Waals surface area contributed by atoms with Crippen LogP contribution in [0.3, 0.4) is 0 Å². The van der Waals surface area contributed by atoms with Crippen LogP contribution in [0.25, 0.3) is 22.0 Å². The predicted octanol–water partition coefficient (Wildman–Crippen LogP) is 5.80. The number of benzene rings is 2. The van der Waals surface area contributed by atoms with Crippen LogP contribution < -0.4 is 0 Å². The lowest BCUT2D eigenvalue weighted by molar-refractivity contribution is 0.0602. The molecule has 0 unspecified atom stereocenters. The van der Waals surface area contributed by atoms with Crippen LogP contribution in [0.15, 0.2) is 60.9 Å². The molecule has 0 radical (unpaired) electrons. The third-order valence-corrected chi connectivity index (χ3v) is 5.52. The van der Waals surface area contributed by atoms with Gasteiger partial charge in [-0.1, -0.05) is 30.2 Å². The summed E-state index contributed by atoms with van der Waals surface area (Å²) in [6, 6.07) is 14.0. The SMILES string of the molecule is CC#Cc1ccc(C(=O)OC)c2c1cnn2[C@H](C)c1ccc(-c2ccnc(C(F)F)c2)cc1. The maximum absolute atomic E-state index is 13.0. The van der Waals surface area contributed by atoms with Crippen molar-refractivity contribution < 1.29 is 18.3 Å². The Morgan fingerprint density at radius 3 is 2.52 bits per heavy atom. The smallest absolute Gasteiger partial charge is 0.340 e. The number of pyridine rings is 1. The highest BCUT2D eigenvalue weighted by molar-refractivity contribution is 6.04. The Morgan fingerprint density at radius 2 is 1.85 bits per heavy atom. The minimum absolute atomic E-state index is 0.209. The first-order valence-corrected chi connectivity index (χ1v) is 10.3. The van der Waals surface area contributed by atoms with Crippen molar-refractivity contribution in [1.82, 2.24) is 14.8 Å². The van der Waals surface area contributed by atoms with Crippen molar-refractivity contribution in [2.45, 2.75) is 26.3 Å². The molecule has 1 atom stereocenters. The van der Waals surface area contributed by atoms with E-state index in [1.807, 2.05) is 31.2 Å². The maximum atomic E-state index is 13.0. The quantitative estimate of drug-likeness (QED) is 0.288. The fourth-order valence-electron chi connectivity index (χ4n) is 3.82. The Bertz CT molecular complexity index is 1380. The zero-order valence-corrected chi connectivity index (χ0v) is 18.3. The molecule has 2 aromatic carbocycles. The second-order valence-corrected chi connectivity index (χ2v) is 7.45. The summed E-state index contributed by atoms with van der Waals surface area (Å²) >= 11 is 0. The second kappa shape index (κ2) is 9.21. The molecule has 2 aromatic heterocycles. The molecule has 0 spiro atoms. The van der Waals surface area contributed by atoms with Crippen LogP contribution in [0.2, 0.25) is 0 Å². The van der Waals surface area contributed by atoms with Crippen LogP contribution in [0.4, 0.5) is 8.78 Å². The number of ether oxygens (including phenoxy) is 1. The van der Waals surface area contributed by atoms with Gasteiger partial charge >= 0.3 is 5.97 Å². The Balaban J connectivity index is 1.75. The second-order valence-electron chi connectivity index (χ2n) is 7.45. The standard InChI is InChI=1S/C26H21F2N3O2/c1-4-5-19-10-11-21(26(32)33-3)24-22(19)15-30-31(24)16(2)17-6-8-18(9-7-17)20-12-13-29-23(14-20)25(27)28/h6-16,25H,1-3H3/t16-/m1/s1. The van der Waals surface area contributed by atoms with Crippen LogP contribution in [-0.2, 0) is 4.74 Å². The number of methoxy groups -OCH3 is 1. The van der Waals surface area contributed by atoms with Crippen LogP contribution in [-0.4, -0.2) is 27.8 Å². The van der Waals surface area contributed by atoms with Crippen LogP contribution in [0.5, 0.6) is 0 Å². The largest absolute Gasteiger partial charge is 0.465 e. The third kappa shape index (κ3) is 4.20. The summed E-state index contributed by atoms with van der Waals surface area (Å²) in [5.74, 6) is 5.49. The number of carbonyl (C=O) groups is 1. The number of fused-ring (bicyclic) bond motifs is 1. The summed E-state index contributed by atoms with van der Waals surface area (Å²) in [6.45, 7) is 3.73. The van der Waals surface area contributed by atoms with Gasteiger partial charge in [-0.3, -0.25) is 9.67 Å². The van der Waals surface area contributed by atoms with Crippen LogP contribution in [0.1, 0.15) is 53.5 Å². The number of esters is 1. The van der Waals surface area contributed by atoms with Crippen molar-refractivity contribution >= 4 is 16.9 Å². The van der Waals surface area contributed by atoms with Crippen LogP contribution >= 0.6 is 0 Å². The molecule has 0 saturated heterocycles. The highest BCUT2D eigenvalue weighted by atomic mass is 19.3. The number of aromatic nitrogens is 3. The molecule has 0 N–H and O–H groups in total. The molecular formula is C26H21F2N3O2. The molecular weight excluding hydrogens is 424 g/mol. The number of hydrogen-bond donors (Lipinski definition) is 0. The maximum Gasteiger partial charge on any atom is 0.340 e. The summed E-state index contributed by atoms with van der Waals surface area (Å²) in [7, 11) is 1.34. The lowest BCUT2D eigenvalue weighted by Gasteiger charge is -2.16. The molecule has 0 amide bonds. The van der Waals surface area contributed by atoms with Crippen molar-refractivity contribution in [1.29, 1.82) is 0 Å². The Hall–Kier alpha value is -4.05. The third-order valence-electron chi connectivity index (χ3n) is 5.52. The molecule has 33 heavy (non-hydrogen) atoms. The van der Waals surface area contributed by atoms with Gasteiger partial charge in [0.1, 0.15) is 5.69 Å². The molecule has 0 aliphatic heterocycles. The number of rotatable bonds is 5. The van der Waals surface area contributed by atoms with Crippen molar-refractivity contribution in [2.24, 2.45) is 0 Å². The molecule has 0 saturated carbocycles. The summed E-state index contributed by atoms with van der Waals surface area (Å²) < 4.78 is 32.7. The molecule has 5 nitrogen and oxygen atoms in total. The van der Waals surface area contributed by atoms with E-state index in [1.165, 1.54) is 19.4 Å². The topological polar surface area (TPSA) is 57.0 Å². The average Bonchev–Trinajstić information content (AvgIpc) is 3.29.